The van der Waals surface area contributed by atoms with E-state index in [-0.39, 0.29) is 23.8 Å². The summed E-state index contributed by atoms with van der Waals surface area (Å²) in [5.74, 6) is 2.09. The van der Waals surface area contributed by atoms with Crippen molar-refractivity contribution >= 4 is 0 Å². The maximum Gasteiger partial charge on any atom is 0.123 e. The molecule has 4 atom stereocenters. The second kappa shape index (κ2) is 7.87. The molecular weight excluding hydrogens is 345 g/mol. The van der Waals surface area contributed by atoms with Crippen LogP contribution in [0.1, 0.15) is 24.5 Å². The highest BCUT2D eigenvalue weighted by Crippen LogP contribution is 2.40. The number of phenols is 1. The van der Waals surface area contributed by atoms with Gasteiger partial charge in [0.1, 0.15) is 17.3 Å². The van der Waals surface area contributed by atoms with Crippen LogP contribution >= 0.6 is 0 Å². The van der Waals surface area contributed by atoms with Gasteiger partial charge in [-0.25, -0.2) is 4.39 Å². The first kappa shape index (κ1) is 18.3. The summed E-state index contributed by atoms with van der Waals surface area (Å²) < 4.78 is 24.8. The van der Waals surface area contributed by atoms with Gasteiger partial charge in [-0.1, -0.05) is 12.1 Å². The normalized spacial score (nSPS) is 26.1. The van der Waals surface area contributed by atoms with E-state index < -0.39 is 0 Å². The molecule has 0 aromatic heterocycles. The minimum absolute atomic E-state index is 0.00990. The summed E-state index contributed by atoms with van der Waals surface area (Å²) in [7, 11) is 1.74. The standard InChI is InChI=1S/C22H26FNO3/c1-26-22(15-2-6-19(25)7-3-15)14-24-12-16-10-21(11-17(16)13-24)27-20-8-4-18(23)5-9-20/h2-9,16-17,21-22,25H,10-14H2,1H3/t16-,17+,21?,22?. The fourth-order valence-electron chi connectivity index (χ4n) is 4.53. The Labute approximate surface area is 159 Å². The van der Waals surface area contributed by atoms with Crippen LogP contribution in [0.4, 0.5) is 4.39 Å². The van der Waals surface area contributed by atoms with Gasteiger partial charge in [0.25, 0.3) is 0 Å². The van der Waals surface area contributed by atoms with Crippen LogP contribution in [0.5, 0.6) is 11.5 Å². The molecule has 0 amide bonds. The van der Waals surface area contributed by atoms with Crippen LogP contribution in [0.15, 0.2) is 48.5 Å². The molecule has 27 heavy (non-hydrogen) atoms. The van der Waals surface area contributed by atoms with Crippen LogP contribution in [0, 0.1) is 17.7 Å². The predicted octanol–water partition coefficient (Wildman–Crippen LogP) is 4.01. The highest BCUT2D eigenvalue weighted by atomic mass is 19.1. The second-order valence-corrected chi connectivity index (χ2v) is 7.72. The van der Waals surface area contributed by atoms with Crippen molar-refractivity contribution in [3.05, 3.63) is 59.9 Å². The number of rotatable bonds is 6. The Balaban J connectivity index is 1.30. The summed E-state index contributed by atoms with van der Waals surface area (Å²) in [5.41, 5.74) is 1.09. The Kier molecular flexibility index (Phi) is 5.32. The predicted molar refractivity (Wildman–Crippen MR) is 101 cm³/mol. The number of phenolic OH excluding ortho intramolecular Hbond substituents is 1. The molecule has 2 unspecified atom stereocenters. The van der Waals surface area contributed by atoms with E-state index in [2.05, 4.69) is 4.90 Å². The molecule has 1 saturated carbocycles. The molecule has 4 nitrogen and oxygen atoms in total. The van der Waals surface area contributed by atoms with Crippen molar-refractivity contribution in [3.63, 3.8) is 0 Å². The maximum absolute atomic E-state index is 13.0. The van der Waals surface area contributed by atoms with Crippen molar-refractivity contribution in [2.24, 2.45) is 11.8 Å². The average molecular weight is 371 g/mol. The number of benzene rings is 2. The number of methoxy groups -OCH3 is 1. The average Bonchev–Trinajstić information content (AvgIpc) is 3.20. The van der Waals surface area contributed by atoms with Crippen molar-refractivity contribution in [3.8, 4) is 11.5 Å². The number of likely N-dealkylation sites (tertiary alicyclic amines) is 1. The number of hydrogen-bond donors (Lipinski definition) is 1. The first-order chi connectivity index (χ1) is 13.1. The van der Waals surface area contributed by atoms with Gasteiger partial charge in [-0.15, -0.1) is 0 Å². The van der Waals surface area contributed by atoms with Crippen molar-refractivity contribution in [2.45, 2.75) is 25.0 Å². The largest absolute Gasteiger partial charge is 0.508 e. The summed E-state index contributed by atoms with van der Waals surface area (Å²) in [6.45, 7) is 2.98. The van der Waals surface area contributed by atoms with Gasteiger partial charge in [0, 0.05) is 26.7 Å². The van der Waals surface area contributed by atoms with Crippen LogP contribution in [0.2, 0.25) is 0 Å². The van der Waals surface area contributed by atoms with Crippen LogP contribution in [0.3, 0.4) is 0 Å². The van der Waals surface area contributed by atoms with Crippen LogP contribution < -0.4 is 4.74 Å². The molecule has 5 heteroatoms. The van der Waals surface area contributed by atoms with E-state index in [1.165, 1.54) is 12.1 Å². The van der Waals surface area contributed by atoms with Gasteiger partial charge < -0.3 is 14.6 Å². The lowest BCUT2D eigenvalue weighted by Crippen LogP contribution is -2.29. The molecule has 0 spiro atoms. The maximum atomic E-state index is 13.0. The van der Waals surface area contributed by atoms with E-state index in [9.17, 15) is 9.50 Å². The van der Waals surface area contributed by atoms with E-state index in [4.69, 9.17) is 9.47 Å². The number of hydrogen-bond acceptors (Lipinski definition) is 4. The van der Waals surface area contributed by atoms with E-state index in [0.717, 1.165) is 43.8 Å². The summed E-state index contributed by atoms with van der Waals surface area (Å²) in [5, 5.41) is 9.47. The Morgan fingerprint density at radius 2 is 1.67 bits per heavy atom. The summed E-state index contributed by atoms with van der Waals surface area (Å²) in [4.78, 5) is 2.48. The smallest absolute Gasteiger partial charge is 0.123 e. The third kappa shape index (κ3) is 4.25. The molecule has 1 heterocycles. The van der Waals surface area contributed by atoms with E-state index >= 15 is 0 Å². The Hall–Kier alpha value is -2.11. The number of fused-ring (bicyclic) bond motifs is 1. The Bertz CT molecular complexity index is 735. The fourth-order valence-corrected chi connectivity index (χ4v) is 4.53. The lowest BCUT2D eigenvalue weighted by atomic mass is 10.0. The molecule has 2 fully saturated rings. The van der Waals surface area contributed by atoms with Crippen LogP contribution in [0.25, 0.3) is 0 Å². The van der Waals surface area contributed by atoms with Gasteiger partial charge in [0.05, 0.1) is 12.2 Å². The highest BCUT2D eigenvalue weighted by Gasteiger charge is 2.42. The van der Waals surface area contributed by atoms with Gasteiger partial charge in [0.2, 0.25) is 0 Å². The third-order valence-electron chi connectivity index (χ3n) is 5.87. The molecule has 144 valence electrons. The van der Waals surface area contributed by atoms with Gasteiger partial charge in [-0.3, -0.25) is 4.90 Å². The Morgan fingerprint density at radius 3 is 2.26 bits per heavy atom. The van der Waals surface area contributed by atoms with Crippen molar-refractivity contribution in [2.75, 3.05) is 26.7 Å². The first-order valence-corrected chi connectivity index (χ1v) is 9.57. The topological polar surface area (TPSA) is 41.9 Å². The van der Waals surface area contributed by atoms with Gasteiger partial charge in [-0.2, -0.15) is 0 Å². The van der Waals surface area contributed by atoms with E-state index in [0.29, 0.717) is 11.8 Å². The molecule has 2 aliphatic rings. The lowest BCUT2D eigenvalue weighted by Gasteiger charge is -2.24. The lowest BCUT2D eigenvalue weighted by molar-refractivity contribution is 0.0667. The molecule has 2 aromatic rings. The van der Waals surface area contributed by atoms with Crippen molar-refractivity contribution in [1.82, 2.24) is 4.90 Å². The van der Waals surface area contributed by atoms with E-state index in [1.807, 2.05) is 12.1 Å². The van der Waals surface area contributed by atoms with Gasteiger partial charge in [-0.05, 0) is 66.6 Å². The van der Waals surface area contributed by atoms with Crippen molar-refractivity contribution < 1.29 is 19.0 Å². The molecule has 0 bridgehead atoms. The summed E-state index contributed by atoms with van der Waals surface area (Å²) >= 11 is 0. The number of aromatic hydroxyl groups is 1. The zero-order chi connectivity index (χ0) is 18.8. The highest BCUT2D eigenvalue weighted by molar-refractivity contribution is 5.27. The molecule has 0 radical (unpaired) electrons. The van der Waals surface area contributed by atoms with Crippen molar-refractivity contribution in [1.29, 1.82) is 0 Å². The third-order valence-corrected chi connectivity index (χ3v) is 5.87. The molecule has 1 saturated heterocycles. The Morgan fingerprint density at radius 1 is 1.04 bits per heavy atom. The molecule has 2 aromatic carbocycles. The second-order valence-electron chi connectivity index (χ2n) is 7.72. The van der Waals surface area contributed by atoms with Gasteiger partial charge in [0.15, 0.2) is 0 Å². The molecule has 4 rings (SSSR count). The molecule has 1 aliphatic heterocycles. The van der Waals surface area contributed by atoms with Crippen LogP contribution in [-0.4, -0.2) is 42.9 Å². The minimum atomic E-state index is -0.234. The monoisotopic (exact) mass is 371 g/mol. The van der Waals surface area contributed by atoms with E-state index in [1.54, 1.807) is 31.4 Å². The summed E-state index contributed by atoms with van der Waals surface area (Å²) in [6, 6.07) is 13.6. The molecular formula is C22H26FNO3. The SMILES string of the molecule is COC(CN1C[C@H]2CC(Oc3ccc(F)cc3)C[C@H]2C1)c1ccc(O)cc1. The zero-order valence-corrected chi connectivity index (χ0v) is 15.6. The number of ether oxygens (including phenoxy) is 2. The summed E-state index contributed by atoms with van der Waals surface area (Å²) in [6.07, 6.45) is 2.34. The zero-order valence-electron chi connectivity index (χ0n) is 15.6. The number of halogens is 1. The fraction of sp³-hybridized carbons (Fsp3) is 0.455. The first-order valence-electron chi connectivity index (χ1n) is 9.57. The molecule has 1 N–H and O–H groups in total. The quantitative estimate of drug-likeness (QED) is 0.833. The minimum Gasteiger partial charge on any atom is -0.508 e. The number of nitrogens with zero attached hydrogens (tertiary/aromatic N) is 1. The van der Waals surface area contributed by atoms with Crippen LogP contribution in [-0.2, 0) is 4.74 Å². The van der Waals surface area contributed by atoms with Gasteiger partial charge >= 0.3 is 0 Å². The molecule has 1 aliphatic carbocycles.